The van der Waals surface area contributed by atoms with E-state index in [2.05, 4.69) is 15.5 Å². The number of aryl methyl sites for hydroxylation is 2. The number of alkyl halides is 21. The molecule has 3 atom stereocenters. The Bertz CT molecular complexity index is 4820. The van der Waals surface area contributed by atoms with Crippen LogP contribution in [0.25, 0.3) is 10.8 Å². The number of amides is 2. The predicted octanol–water partition coefficient (Wildman–Crippen LogP) is 21.5. The van der Waals surface area contributed by atoms with Gasteiger partial charge in [0.05, 0.1) is 38.7 Å². The Morgan fingerprint density at radius 3 is 1.33 bits per heavy atom. The number of nitrogens with one attached hydrogen (secondary N) is 2. The number of thiophene rings is 1. The van der Waals surface area contributed by atoms with Crippen LogP contribution in [0.2, 0.25) is 20.1 Å². The van der Waals surface area contributed by atoms with Crippen LogP contribution >= 0.6 is 69.5 Å². The lowest BCUT2D eigenvalue weighted by Crippen LogP contribution is -2.43. The third kappa shape index (κ3) is 20.4. The van der Waals surface area contributed by atoms with Gasteiger partial charge in [-0.15, -0.1) is 11.3 Å². The summed E-state index contributed by atoms with van der Waals surface area (Å²) in [5, 5.41) is 13.5. The van der Waals surface area contributed by atoms with E-state index in [1.165, 1.54) is 66.7 Å². The maximum absolute atomic E-state index is 14.4. The summed E-state index contributed by atoms with van der Waals surface area (Å²) in [4.78, 5) is 76.2. The van der Waals surface area contributed by atoms with Crippen molar-refractivity contribution in [3.05, 3.63) is 206 Å². The number of rotatable bonds is 19. The van der Waals surface area contributed by atoms with Gasteiger partial charge in [0.25, 0.3) is 16.8 Å². The van der Waals surface area contributed by atoms with Gasteiger partial charge in [-0.25, -0.2) is 0 Å². The summed E-state index contributed by atoms with van der Waals surface area (Å²) >= 11 is 25.9. The van der Waals surface area contributed by atoms with E-state index >= 15 is 0 Å². The SMILES string of the molecule is Cc1cc(C2=NOC(c3cc(Cl)cc(C(F)(F)F)c3)(C(F)(F)F)C2)ccc1C(=O)CC1CSC1.Cc1cc(C2=NOC(c3cc(Cl)cc(Cl)c3)(C(F)(F)F)C2)sc1C(=O)CCC(=O)NCC(F)(F)F.O=C(CCC(=O)c1ccc(C2=NOC(c3cc(Cl)cc(C(F)(F)F)c3)(C(F)(F)F)C2)c2ccccc12)NCC(F)(F)F. The molecule has 1 aromatic heterocycles. The minimum atomic E-state index is -5.23. The quantitative estimate of drug-likeness (QED) is 0.0590. The Kier molecular flexibility index (Phi) is 25.8. The first-order valence-corrected chi connectivity index (χ1v) is 35.6. The number of thioether (sulfide) groups is 1. The number of hydrogen-bond donors (Lipinski definition) is 2. The zero-order valence-corrected chi connectivity index (χ0v) is 61.1. The minimum absolute atomic E-state index is 0.0210. The van der Waals surface area contributed by atoms with E-state index in [0.29, 0.717) is 59.4 Å². The Morgan fingerprint density at radius 1 is 0.459 bits per heavy atom. The van der Waals surface area contributed by atoms with Crippen LogP contribution in [0, 0.1) is 19.8 Å². The van der Waals surface area contributed by atoms with E-state index in [0.717, 1.165) is 41.0 Å². The van der Waals surface area contributed by atoms with Crippen LogP contribution in [-0.2, 0) is 53.3 Å². The topological polar surface area (TPSA) is 174 Å². The molecule has 6 aromatic carbocycles. The van der Waals surface area contributed by atoms with Crippen molar-refractivity contribution < 1.29 is 131 Å². The number of fused-ring (bicyclic) bond motifs is 1. The second-order valence-corrected chi connectivity index (χ2v) is 29.4. The van der Waals surface area contributed by atoms with Crippen LogP contribution in [0.1, 0.15) is 137 Å². The van der Waals surface area contributed by atoms with Gasteiger partial charge in [-0.05, 0) is 125 Å². The summed E-state index contributed by atoms with van der Waals surface area (Å²) < 4.78 is 281. The van der Waals surface area contributed by atoms with Gasteiger partial charge < -0.3 is 25.1 Å². The lowest BCUT2D eigenvalue weighted by molar-refractivity contribution is -0.276. The molecule has 596 valence electrons. The Balaban J connectivity index is 0.000000193. The van der Waals surface area contributed by atoms with Gasteiger partial charge in [0.15, 0.2) is 17.3 Å². The molecule has 4 aliphatic rings. The molecule has 13 nitrogen and oxygen atoms in total. The molecule has 0 saturated carbocycles. The lowest BCUT2D eigenvalue weighted by Gasteiger charge is -2.30. The molecular weight excluding hydrogens is 1660 g/mol. The van der Waals surface area contributed by atoms with Crippen LogP contribution in [-0.4, -0.2) is 102 Å². The second-order valence-electron chi connectivity index (χ2n) is 25.5. The van der Waals surface area contributed by atoms with E-state index in [1.54, 1.807) is 36.2 Å². The number of oxime groups is 3. The first-order valence-electron chi connectivity index (χ1n) is 32.1. The standard InChI is InChI=1S/C27H18ClF9N2O3.C23H18ClF6NO2S.C21H16Cl2F6N2O3S/c28-16-10-14(9-15(11-16)26(32,33)34)24(27(35,36)37)12-21(39-42-24)19-5-6-20(18-4-2-1-3-17(18)19)22(40)7-8-23(41)38-13-25(29,30)31;1-12-4-14(2-3-18(12)20(32)5-13-10-34-11-13)19-9-21(33-31-19,23(28,29)30)15-6-16(22(25,26)27)8-17(24)7-15;1-10-4-16(35-18(10)15(32)2-3-17(33)30-9-20(24,25)26)14-8-19(34-31-14,21(27,28)29)11-5-12(22)7-13(23)6-11/h1-6,9-11H,7-8,12-13H2,(H,38,41);2-4,6-8,13H,5,9-11H2,1H3;4-7H,2-3,8-9H2,1H3,(H,30,33). The summed E-state index contributed by atoms with van der Waals surface area (Å²) in [6.45, 7) is 0.141. The molecule has 40 heteroatoms. The summed E-state index contributed by atoms with van der Waals surface area (Å²) in [6, 6.07) is 21.2. The van der Waals surface area contributed by atoms with Gasteiger partial charge in [-0.2, -0.15) is 104 Å². The van der Waals surface area contributed by atoms with Crippen LogP contribution in [0.5, 0.6) is 0 Å². The van der Waals surface area contributed by atoms with Crippen LogP contribution in [0.4, 0.5) is 92.2 Å². The third-order valence-electron chi connectivity index (χ3n) is 17.4. The van der Waals surface area contributed by atoms with Crippen LogP contribution < -0.4 is 10.6 Å². The van der Waals surface area contributed by atoms with Crippen molar-refractivity contribution >= 4 is 127 Å². The zero-order chi connectivity index (χ0) is 82.2. The van der Waals surface area contributed by atoms with E-state index < -0.39 is 167 Å². The molecule has 0 radical (unpaired) electrons. The normalized spacial score (nSPS) is 18.9. The molecule has 1 fully saturated rings. The Morgan fingerprint density at radius 2 is 0.883 bits per heavy atom. The number of halogens is 25. The fraction of sp³-hybridized carbons (Fsp3) is 0.352. The van der Waals surface area contributed by atoms with Gasteiger partial charge in [-0.3, -0.25) is 24.0 Å². The molecule has 3 unspecified atom stereocenters. The molecule has 5 heterocycles. The van der Waals surface area contributed by atoms with Crippen molar-refractivity contribution in [3.8, 4) is 0 Å². The highest BCUT2D eigenvalue weighted by molar-refractivity contribution is 8.00. The van der Waals surface area contributed by atoms with Gasteiger partial charge >= 0.3 is 43.2 Å². The summed E-state index contributed by atoms with van der Waals surface area (Å²) in [7, 11) is 0. The van der Waals surface area contributed by atoms with E-state index in [4.69, 9.17) is 60.9 Å². The highest BCUT2D eigenvalue weighted by atomic mass is 35.5. The maximum Gasteiger partial charge on any atom is 0.435 e. The summed E-state index contributed by atoms with van der Waals surface area (Å²) in [5.74, 6) is -0.965. The van der Waals surface area contributed by atoms with Crippen molar-refractivity contribution in [2.75, 3.05) is 24.6 Å². The average molecular weight is 1710 g/mol. The molecule has 0 bridgehead atoms. The predicted molar refractivity (Wildman–Crippen MR) is 368 cm³/mol. The van der Waals surface area contributed by atoms with Crippen molar-refractivity contribution in [3.63, 3.8) is 0 Å². The number of nitrogens with zero attached hydrogens (tertiary/aromatic N) is 3. The zero-order valence-electron chi connectivity index (χ0n) is 56.4. The third-order valence-corrected chi connectivity index (χ3v) is 21.0. The van der Waals surface area contributed by atoms with Crippen molar-refractivity contribution in [2.45, 2.75) is 125 Å². The molecular formula is C71H52Cl4F21N5O8S2. The molecule has 2 amide bonds. The smallest absolute Gasteiger partial charge is 0.374 e. The number of carbonyl (C=O) groups is 5. The molecule has 11 rings (SSSR count). The Hall–Kier alpha value is -8.32. The molecule has 7 aromatic rings. The summed E-state index contributed by atoms with van der Waals surface area (Å²) in [5.41, 5.74) is -12.6. The molecule has 1 saturated heterocycles. The van der Waals surface area contributed by atoms with Crippen molar-refractivity contribution in [1.29, 1.82) is 0 Å². The summed E-state index contributed by atoms with van der Waals surface area (Å²) in [6.07, 6.45) is -38.3. The van der Waals surface area contributed by atoms with Gasteiger partial charge in [0.1, 0.15) is 18.8 Å². The van der Waals surface area contributed by atoms with Gasteiger partial charge in [0, 0.05) is 98.4 Å². The number of benzene rings is 6. The number of hydrogen-bond acceptors (Lipinski definition) is 13. The molecule has 4 aliphatic heterocycles. The van der Waals surface area contributed by atoms with E-state index in [1.807, 2.05) is 0 Å². The molecule has 111 heavy (non-hydrogen) atoms. The first-order chi connectivity index (χ1) is 51.3. The first kappa shape index (κ1) is 86.7. The fourth-order valence-corrected chi connectivity index (χ4v) is 14.7. The van der Waals surface area contributed by atoms with Crippen molar-refractivity contribution in [2.24, 2.45) is 21.4 Å². The van der Waals surface area contributed by atoms with Gasteiger partial charge in [0.2, 0.25) is 11.8 Å². The minimum Gasteiger partial charge on any atom is -0.374 e. The number of carbonyl (C=O) groups excluding carboxylic acids is 5. The lowest BCUT2D eigenvalue weighted by atomic mass is 9.84. The number of ketones is 3. The second kappa shape index (κ2) is 33.0. The molecule has 2 N–H and O–H groups in total. The highest BCUT2D eigenvalue weighted by Gasteiger charge is 2.65. The average Bonchev–Trinajstić information content (AvgIpc) is 1.66. The van der Waals surface area contributed by atoms with Crippen LogP contribution in [0.3, 0.4) is 0 Å². The van der Waals surface area contributed by atoms with E-state index in [9.17, 15) is 116 Å². The Labute approximate surface area is 642 Å². The maximum atomic E-state index is 14.4. The highest BCUT2D eigenvalue weighted by Crippen LogP contribution is 2.54. The largest absolute Gasteiger partial charge is 0.435 e. The fourth-order valence-electron chi connectivity index (χ4n) is 11.8. The van der Waals surface area contributed by atoms with Crippen LogP contribution in [0.15, 0.2) is 131 Å². The van der Waals surface area contributed by atoms with Gasteiger partial charge in [-0.1, -0.05) is 110 Å². The van der Waals surface area contributed by atoms with E-state index in [-0.39, 0.29) is 82.2 Å². The monoisotopic (exact) mass is 1710 g/mol. The molecule has 0 spiro atoms. The molecule has 0 aliphatic carbocycles. The number of Topliss-reactive ketones (excluding diaryl/α,β-unsaturated/α-hetero) is 3. The van der Waals surface area contributed by atoms with Crippen molar-refractivity contribution in [1.82, 2.24) is 10.6 Å².